The molecule has 0 unspecified atom stereocenters. The number of rotatable bonds is 2. The topological polar surface area (TPSA) is 41.1 Å². The molecule has 0 radical (unpaired) electrons. The molecule has 0 spiro atoms. The molecule has 3 nitrogen and oxygen atoms in total. The Morgan fingerprint density at radius 3 is 3.05 bits per heavy atom. The Morgan fingerprint density at radius 2 is 2.30 bits per heavy atom. The van der Waals surface area contributed by atoms with E-state index in [9.17, 15) is 4.79 Å². The molecule has 1 aliphatic heterocycles. The minimum Gasteiger partial charge on any atom is -0.321 e. The largest absolute Gasteiger partial charge is 0.321 e. The summed E-state index contributed by atoms with van der Waals surface area (Å²) in [4.78, 5) is 12.9. The molecular formula is C15H15ClN2OS. The number of amides is 1. The van der Waals surface area contributed by atoms with Gasteiger partial charge in [0.15, 0.2) is 0 Å². The van der Waals surface area contributed by atoms with Crippen LogP contribution in [0.1, 0.15) is 26.4 Å². The molecule has 0 bridgehead atoms. The number of hydrogen-bond acceptors (Lipinski definition) is 3. The molecule has 2 aromatic rings. The molecule has 3 rings (SSSR count). The Hall–Kier alpha value is -1.36. The van der Waals surface area contributed by atoms with Gasteiger partial charge < -0.3 is 10.6 Å². The van der Waals surface area contributed by atoms with Crippen LogP contribution in [-0.2, 0) is 13.0 Å². The molecule has 1 aromatic carbocycles. The van der Waals surface area contributed by atoms with Crippen LogP contribution in [0.3, 0.4) is 0 Å². The van der Waals surface area contributed by atoms with Gasteiger partial charge >= 0.3 is 0 Å². The van der Waals surface area contributed by atoms with Crippen LogP contribution >= 0.6 is 22.9 Å². The van der Waals surface area contributed by atoms with Crippen LogP contribution < -0.4 is 10.6 Å². The van der Waals surface area contributed by atoms with E-state index in [1.807, 2.05) is 24.4 Å². The molecule has 2 heterocycles. The quantitative estimate of drug-likeness (QED) is 0.890. The van der Waals surface area contributed by atoms with Crippen LogP contribution in [0.2, 0.25) is 5.02 Å². The summed E-state index contributed by atoms with van der Waals surface area (Å²) in [5.41, 5.74) is 4.30. The molecule has 0 saturated carbocycles. The smallest absolute Gasteiger partial charge is 0.267 e. The molecule has 1 aliphatic rings. The number of nitrogens with one attached hydrogen (secondary N) is 2. The number of carbonyl (C=O) groups excluding carboxylic acids is 1. The van der Waals surface area contributed by atoms with Gasteiger partial charge in [-0.2, -0.15) is 0 Å². The van der Waals surface area contributed by atoms with Crippen molar-refractivity contribution in [2.75, 3.05) is 11.9 Å². The predicted octanol–water partition coefficient (Wildman–Crippen LogP) is 3.61. The number of thiophene rings is 1. The van der Waals surface area contributed by atoms with E-state index in [4.69, 9.17) is 11.6 Å². The number of carbonyl (C=O) groups is 1. The van der Waals surface area contributed by atoms with Crippen LogP contribution in [0.15, 0.2) is 23.6 Å². The fourth-order valence-corrected chi connectivity index (χ4v) is 3.57. The molecule has 0 aliphatic carbocycles. The van der Waals surface area contributed by atoms with Crippen molar-refractivity contribution in [3.8, 4) is 0 Å². The summed E-state index contributed by atoms with van der Waals surface area (Å²) in [7, 11) is 0. The highest BCUT2D eigenvalue weighted by Crippen LogP contribution is 2.29. The average Bonchev–Trinajstić information content (AvgIpc) is 2.79. The Bertz CT molecular complexity index is 666. The summed E-state index contributed by atoms with van der Waals surface area (Å²) in [5, 5.41) is 8.78. The van der Waals surface area contributed by atoms with Crippen molar-refractivity contribution < 1.29 is 4.79 Å². The van der Waals surface area contributed by atoms with E-state index < -0.39 is 0 Å². The van der Waals surface area contributed by atoms with Gasteiger partial charge in [0.25, 0.3) is 5.91 Å². The van der Waals surface area contributed by atoms with Crippen molar-refractivity contribution in [1.29, 1.82) is 0 Å². The van der Waals surface area contributed by atoms with Crippen molar-refractivity contribution in [1.82, 2.24) is 5.32 Å². The van der Waals surface area contributed by atoms with Crippen LogP contribution in [0.25, 0.3) is 0 Å². The summed E-state index contributed by atoms with van der Waals surface area (Å²) in [5.74, 6) is -0.132. The normalized spacial score (nSPS) is 13.9. The average molecular weight is 307 g/mol. The Morgan fingerprint density at radius 1 is 1.45 bits per heavy atom. The van der Waals surface area contributed by atoms with Gasteiger partial charge in [-0.05, 0) is 48.0 Å². The second-order valence-electron chi connectivity index (χ2n) is 4.89. The Kier molecular flexibility index (Phi) is 3.78. The van der Waals surface area contributed by atoms with Gasteiger partial charge in [-0.15, -0.1) is 11.3 Å². The van der Waals surface area contributed by atoms with Crippen molar-refractivity contribution in [2.24, 2.45) is 0 Å². The predicted molar refractivity (Wildman–Crippen MR) is 83.9 cm³/mol. The lowest BCUT2D eigenvalue weighted by atomic mass is 9.99. The number of aryl methyl sites for hydroxylation is 1. The van der Waals surface area contributed by atoms with E-state index in [1.165, 1.54) is 22.5 Å². The fourth-order valence-electron chi connectivity index (χ4n) is 2.39. The van der Waals surface area contributed by atoms with Crippen molar-refractivity contribution >= 4 is 34.5 Å². The van der Waals surface area contributed by atoms with Crippen LogP contribution in [-0.4, -0.2) is 12.5 Å². The zero-order chi connectivity index (χ0) is 14.1. The summed E-state index contributed by atoms with van der Waals surface area (Å²) in [6, 6.07) is 6.05. The highest BCUT2D eigenvalue weighted by atomic mass is 35.5. The highest BCUT2D eigenvalue weighted by molar-refractivity contribution is 7.13. The van der Waals surface area contributed by atoms with Crippen LogP contribution in [0, 0.1) is 6.92 Å². The third-order valence-electron chi connectivity index (χ3n) is 3.50. The number of anilines is 1. The van der Waals surface area contributed by atoms with Crippen molar-refractivity contribution in [2.45, 2.75) is 19.9 Å². The van der Waals surface area contributed by atoms with Gasteiger partial charge in [-0.25, -0.2) is 0 Å². The molecule has 0 saturated heterocycles. The summed E-state index contributed by atoms with van der Waals surface area (Å²) < 4.78 is 0. The van der Waals surface area contributed by atoms with Crippen molar-refractivity contribution in [3.63, 3.8) is 0 Å². The van der Waals surface area contributed by atoms with Gasteiger partial charge in [-0.1, -0.05) is 23.7 Å². The second-order valence-corrected chi connectivity index (χ2v) is 6.14. The van der Waals surface area contributed by atoms with E-state index >= 15 is 0 Å². The third kappa shape index (κ3) is 2.46. The maximum Gasteiger partial charge on any atom is 0.267 e. The summed E-state index contributed by atoms with van der Waals surface area (Å²) in [6.07, 6.45) is 0.998. The summed E-state index contributed by atoms with van der Waals surface area (Å²) >= 11 is 7.53. The van der Waals surface area contributed by atoms with Gasteiger partial charge in [0.05, 0.1) is 5.02 Å². The standard InChI is InChI=1S/C15H15ClN2OS/c1-9-8-20-14(13(9)16)15(19)18-12-4-2-3-10-5-6-17-7-11(10)12/h2-4,8,17H,5-7H2,1H3,(H,18,19). The number of halogens is 1. The first-order valence-electron chi connectivity index (χ1n) is 6.53. The maximum absolute atomic E-state index is 12.3. The van der Waals surface area contributed by atoms with Gasteiger partial charge in [-0.3, -0.25) is 4.79 Å². The van der Waals surface area contributed by atoms with Crippen molar-refractivity contribution in [3.05, 3.63) is 50.2 Å². The fraction of sp³-hybridized carbons (Fsp3) is 0.267. The lowest BCUT2D eigenvalue weighted by Crippen LogP contribution is -2.25. The van der Waals surface area contributed by atoms with Gasteiger partial charge in [0.2, 0.25) is 0 Å². The lowest BCUT2D eigenvalue weighted by Gasteiger charge is -2.20. The molecule has 1 amide bonds. The molecular weight excluding hydrogens is 292 g/mol. The Labute approximate surface area is 127 Å². The molecule has 0 fully saturated rings. The van der Waals surface area contributed by atoms with Crippen LogP contribution in [0.4, 0.5) is 5.69 Å². The maximum atomic E-state index is 12.3. The van der Waals surface area contributed by atoms with E-state index in [-0.39, 0.29) is 5.91 Å². The van der Waals surface area contributed by atoms with Gasteiger partial charge in [0, 0.05) is 12.2 Å². The first-order valence-corrected chi connectivity index (χ1v) is 7.79. The molecule has 0 atom stereocenters. The van der Waals surface area contributed by atoms with Crippen LogP contribution in [0.5, 0.6) is 0 Å². The first-order chi connectivity index (χ1) is 9.66. The third-order valence-corrected chi connectivity index (χ3v) is 5.20. The van der Waals surface area contributed by atoms with E-state index in [0.29, 0.717) is 9.90 Å². The first kappa shape index (κ1) is 13.6. The van der Waals surface area contributed by atoms with Gasteiger partial charge in [0.1, 0.15) is 4.88 Å². The minimum absolute atomic E-state index is 0.132. The molecule has 104 valence electrons. The summed E-state index contributed by atoms with van der Waals surface area (Å²) in [6.45, 7) is 3.69. The zero-order valence-corrected chi connectivity index (χ0v) is 12.7. The number of hydrogen-bond donors (Lipinski definition) is 2. The zero-order valence-electron chi connectivity index (χ0n) is 11.1. The second kappa shape index (κ2) is 5.56. The molecule has 2 N–H and O–H groups in total. The van der Waals surface area contributed by atoms with E-state index in [0.717, 1.165) is 30.8 Å². The number of benzene rings is 1. The molecule has 1 aromatic heterocycles. The minimum atomic E-state index is -0.132. The molecule has 5 heteroatoms. The Balaban J connectivity index is 1.88. The lowest BCUT2D eigenvalue weighted by molar-refractivity contribution is 0.103. The molecule has 20 heavy (non-hydrogen) atoms. The van der Waals surface area contributed by atoms with E-state index in [2.05, 4.69) is 16.7 Å². The van der Waals surface area contributed by atoms with E-state index in [1.54, 1.807) is 0 Å². The highest BCUT2D eigenvalue weighted by Gasteiger charge is 2.18. The SMILES string of the molecule is Cc1csc(C(=O)Nc2cccc3c2CNCC3)c1Cl. The monoisotopic (exact) mass is 306 g/mol. The number of fused-ring (bicyclic) bond motifs is 1.